The normalized spacial score (nSPS) is 12.8. The number of hydrogen-bond donors (Lipinski definition) is 0. The highest BCUT2D eigenvalue weighted by molar-refractivity contribution is 5.81. The third-order valence-corrected chi connectivity index (χ3v) is 3.36. The first-order valence-corrected chi connectivity index (χ1v) is 7.42. The zero-order chi connectivity index (χ0) is 17.6. The summed E-state index contributed by atoms with van der Waals surface area (Å²) in [5, 5.41) is 0. The summed E-state index contributed by atoms with van der Waals surface area (Å²) < 4.78 is 21.2. The molecule has 1 heterocycles. The van der Waals surface area contributed by atoms with Crippen molar-refractivity contribution in [2.24, 2.45) is 0 Å². The summed E-state index contributed by atoms with van der Waals surface area (Å²) in [6, 6.07) is 10.5. The van der Waals surface area contributed by atoms with E-state index in [0.29, 0.717) is 5.56 Å². The van der Waals surface area contributed by atoms with Gasteiger partial charge in [0.1, 0.15) is 0 Å². The molecule has 0 bridgehead atoms. The van der Waals surface area contributed by atoms with E-state index in [1.807, 2.05) is 18.2 Å². The van der Waals surface area contributed by atoms with Crippen LogP contribution >= 0.6 is 0 Å². The van der Waals surface area contributed by atoms with Crippen LogP contribution < -0.4 is 14.2 Å². The fourth-order valence-corrected chi connectivity index (χ4v) is 2.06. The molecule has 0 spiro atoms. The average molecular weight is 332 g/mol. The van der Waals surface area contributed by atoms with Crippen LogP contribution in [0.15, 0.2) is 36.4 Å². The minimum Gasteiger partial charge on any atom is -0.481 e. The summed E-state index contributed by atoms with van der Waals surface area (Å²) in [7, 11) is 2.93. The quantitative estimate of drug-likeness (QED) is 0.720. The monoisotopic (exact) mass is 332 g/mol. The summed E-state index contributed by atoms with van der Waals surface area (Å²) in [5.41, 5.74) is -0.789. The van der Waals surface area contributed by atoms with E-state index in [2.05, 4.69) is 9.97 Å². The van der Waals surface area contributed by atoms with Crippen LogP contribution in [0.5, 0.6) is 17.8 Å². The van der Waals surface area contributed by atoms with Gasteiger partial charge in [-0.05, 0) is 13.8 Å². The van der Waals surface area contributed by atoms with Crippen molar-refractivity contribution in [2.45, 2.75) is 19.4 Å². The zero-order valence-electron chi connectivity index (χ0n) is 14.1. The van der Waals surface area contributed by atoms with Crippen molar-refractivity contribution in [1.82, 2.24) is 9.97 Å². The molecule has 1 atom stereocenters. The second-order valence-corrected chi connectivity index (χ2v) is 4.96. The number of aromatic nitrogens is 2. The second kappa shape index (κ2) is 7.63. The van der Waals surface area contributed by atoms with Crippen LogP contribution in [0.25, 0.3) is 0 Å². The molecular formula is C17H20N2O5. The lowest BCUT2D eigenvalue weighted by atomic mass is 9.96. The Bertz CT molecular complexity index is 670. The van der Waals surface area contributed by atoms with Crippen molar-refractivity contribution in [2.75, 3.05) is 20.8 Å². The average Bonchev–Trinajstić information content (AvgIpc) is 2.62. The van der Waals surface area contributed by atoms with Gasteiger partial charge < -0.3 is 18.9 Å². The Labute approximate surface area is 140 Å². The minimum atomic E-state index is -1.41. The van der Waals surface area contributed by atoms with Gasteiger partial charge in [0.2, 0.25) is 17.4 Å². The first-order chi connectivity index (χ1) is 11.5. The lowest BCUT2D eigenvalue weighted by Crippen LogP contribution is -2.40. The Kier molecular flexibility index (Phi) is 5.57. The molecule has 1 aromatic carbocycles. The first-order valence-electron chi connectivity index (χ1n) is 7.42. The molecule has 7 heteroatoms. The molecule has 0 aliphatic rings. The molecule has 1 unspecified atom stereocenters. The largest absolute Gasteiger partial charge is 0.481 e. The number of carbonyl (C=O) groups is 1. The molecule has 1 aromatic heterocycles. The maximum atomic E-state index is 12.5. The van der Waals surface area contributed by atoms with E-state index in [-0.39, 0.29) is 24.4 Å². The fraction of sp³-hybridized carbons (Fsp3) is 0.353. The van der Waals surface area contributed by atoms with Gasteiger partial charge in [0.25, 0.3) is 0 Å². The summed E-state index contributed by atoms with van der Waals surface area (Å²) in [6.45, 7) is 3.57. The maximum absolute atomic E-state index is 12.5. The molecule has 128 valence electrons. The zero-order valence-corrected chi connectivity index (χ0v) is 14.1. The maximum Gasteiger partial charge on any atom is 0.355 e. The van der Waals surface area contributed by atoms with Crippen LogP contribution in [0.4, 0.5) is 0 Å². The van der Waals surface area contributed by atoms with E-state index in [4.69, 9.17) is 18.9 Å². The molecule has 7 nitrogen and oxygen atoms in total. The lowest BCUT2D eigenvalue weighted by molar-refractivity contribution is -0.161. The van der Waals surface area contributed by atoms with Gasteiger partial charge in [-0.3, -0.25) is 0 Å². The first kappa shape index (κ1) is 17.5. The van der Waals surface area contributed by atoms with Crippen LogP contribution in [0.1, 0.15) is 19.4 Å². The third-order valence-electron chi connectivity index (χ3n) is 3.36. The highest BCUT2D eigenvalue weighted by Gasteiger charge is 2.40. The van der Waals surface area contributed by atoms with Gasteiger partial charge in [-0.1, -0.05) is 30.3 Å². The molecule has 0 aliphatic carbocycles. The van der Waals surface area contributed by atoms with Crippen LogP contribution in [0.2, 0.25) is 0 Å². The molecule has 0 fully saturated rings. The van der Waals surface area contributed by atoms with E-state index >= 15 is 0 Å². The molecule has 0 saturated carbocycles. The number of benzene rings is 1. The molecule has 2 aromatic rings. The van der Waals surface area contributed by atoms with Crippen molar-refractivity contribution < 1.29 is 23.7 Å². The van der Waals surface area contributed by atoms with Crippen LogP contribution in [0, 0.1) is 0 Å². The van der Waals surface area contributed by atoms with Gasteiger partial charge in [0, 0.05) is 5.56 Å². The van der Waals surface area contributed by atoms with Gasteiger partial charge in [-0.2, -0.15) is 9.97 Å². The molecule has 2 rings (SSSR count). The SMILES string of the molecule is CCOC(=O)C(C)(Oc1nc(OC)cc(OC)n1)c1ccccc1. The molecule has 0 radical (unpaired) electrons. The van der Waals surface area contributed by atoms with Gasteiger partial charge in [-0.15, -0.1) is 0 Å². The van der Waals surface area contributed by atoms with Gasteiger partial charge >= 0.3 is 12.0 Å². The number of ether oxygens (including phenoxy) is 4. The highest BCUT2D eigenvalue weighted by Crippen LogP contribution is 2.30. The summed E-state index contributed by atoms with van der Waals surface area (Å²) in [6.07, 6.45) is 0. The summed E-state index contributed by atoms with van der Waals surface area (Å²) >= 11 is 0. The van der Waals surface area contributed by atoms with Crippen molar-refractivity contribution >= 4 is 5.97 Å². The smallest absolute Gasteiger partial charge is 0.355 e. The van der Waals surface area contributed by atoms with Crippen LogP contribution in [0.3, 0.4) is 0 Å². The van der Waals surface area contributed by atoms with E-state index < -0.39 is 11.6 Å². The molecule has 0 N–H and O–H groups in total. The number of esters is 1. The third kappa shape index (κ3) is 3.73. The summed E-state index contributed by atoms with van der Waals surface area (Å²) in [5.74, 6) is -0.0196. The Morgan fingerprint density at radius 1 is 1.08 bits per heavy atom. The molecular weight excluding hydrogens is 312 g/mol. The number of hydrogen-bond acceptors (Lipinski definition) is 7. The van der Waals surface area contributed by atoms with Crippen LogP contribution in [-0.2, 0) is 15.1 Å². The number of methoxy groups -OCH3 is 2. The number of carbonyl (C=O) groups excluding carboxylic acids is 1. The Morgan fingerprint density at radius 2 is 1.67 bits per heavy atom. The van der Waals surface area contributed by atoms with Crippen LogP contribution in [-0.4, -0.2) is 36.8 Å². The highest BCUT2D eigenvalue weighted by atomic mass is 16.6. The van der Waals surface area contributed by atoms with Crippen molar-refractivity contribution in [3.8, 4) is 17.8 Å². The standard InChI is InChI=1S/C17H20N2O5/c1-5-23-15(20)17(2,12-9-7-6-8-10-12)24-16-18-13(21-3)11-14(19-16)22-4/h6-11H,5H2,1-4H3. The number of nitrogens with zero attached hydrogens (tertiary/aromatic N) is 2. The molecule has 0 amide bonds. The molecule has 0 aliphatic heterocycles. The van der Waals surface area contributed by atoms with Crippen molar-refractivity contribution in [3.05, 3.63) is 42.0 Å². The van der Waals surface area contributed by atoms with E-state index in [0.717, 1.165) is 0 Å². The van der Waals surface area contributed by atoms with Crippen molar-refractivity contribution in [1.29, 1.82) is 0 Å². The Balaban J connectivity index is 2.44. The fourth-order valence-electron chi connectivity index (χ4n) is 2.06. The van der Waals surface area contributed by atoms with E-state index in [9.17, 15) is 4.79 Å². The topological polar surface area (TPSA) is 79.8 Å². The Hall–Kier alpha value is -2.83. The van der Waals surface area contributed by atoms with Gasteiger partial charge in [0.15, 0.2) is 0 Å². The summed E-state index contributed by atoms with van der Waals surface area (Å²) in [4.78, 5) is 20.7. The van der Waals surface area contributed by atoms with Gasteiger partial charge in [-0.25, -0.2) is 4.79 Å². The van der Waals surface area contributed by atoms with Gasteiger partial charge in [0.05, 0.1) is 26.9 Å². The molecule has 24 heavy (non-hydrogen) atoms. The minimum absolute atomic E-state index is 0.0504. The number of rotatable bonds is 7. The molecule has 0 saturated heterocycles. The predicted molar refractivity (Wildman–Crippen MR) is 86.2 cm³/mol. The predicted octanol–water partition coefficient (Wildman–Crippen LogP) is 2.35. The van der Waals surface area contributed by atoms with Crippen molar-refractivity contribution in [3.63, 3.8) is 0 Å². The van der Waals surface area contributed by atoms with E-state index in [1.54, 1.807) is 26.0 Å². The van der Waals surface area contributed by atoms with E-state index in [1.165, 1.54) is 20.3 Å². The Morgan fingerprint density at radius 3 is 2.17 bits per heavy atom. The second-order valence-electron chi connectivity index (χ2n) is 4.96. The lowest BCUT2D eigenvalue weighted by Gasteiger charge is -2.27.